The van der Waals surface area contributed by atoms with Gasteiger partial charge in [-0.2, -0.15) is 0 Å². The second-order valence-electron chi connectivity index (χ2n) is 9.03. The Hall–Kier alpha value is -3.29. The highest BCUT2D eigenvalue weighted by Gasteiger charge is 2.33. The highest BCUT2D eigenvalue weighted by molar-refractivity contribution is 6.11. The minimum Gasteiger partial charge on any atom is -0.491 e. The molecular weight excluding hydrogens is 440 g/mol. The lowest BCUT2D eigenvalue weighted by Crippen LogP contribution is -2.25. The summed E-state index contributed by atoms with van der Waals surface area (Å²) in [5.74, 6) is -1.28. The number of carbonyl (C=O) groups excluding carboxylic acids is 1. The van der Waals surface area contributed by atoms with Gasteiger partial charge in [0, 0.05) is 22.9 Å². The maximum absolute atomic E-state index is 14.0. The predicted molar refractivity (Wildman–Crippen MR) is 124 cm³/mol. The van der Waals surface area contributed by atoms with E-state index < -0.39 is 17.4 Å². The average molecular weight is 465 g/mol. The maximum Gasteiger partial charge on any atom is 0.193 e. The van der Waals surface area contributed by atoms with Crippen LogP contribution in [0.1, 0.15) is 40.9 Å². The van der Waals surface area contributed by atoms with Crippen LogP contribution in [-0.4, -0.2) is 30.9 Å². The Morgan fingerprint density at radius 1 is 1.00 bits per heavy atom. The largest absolute Gasteiger partial charge is 0.491 e. The summed E-state index contributed by atoms with van der Waals surface area (Å²) in [5.41, 5.74) is 3.87. The first-order chi connectivity index (χ1) is 16.3. The summed E-state index contributed by atoms with van der Waals surface area (Å²) in [6.45, 7) is 4.58. The lowest BCUT2D eigenvalue weighted by molar-refractivity contribution is -0.141. The van der Waals surface area contributed by atoms with E-state index in [0.717, 1.165) is 17.2 Å². The molecule has 34 heavy (non-hydrogen) atoms. The van der Waals surface area contributed by atoms with Gasteiger partial charge in [0.1, 0.15) is 30.1 Å². The Bertz CT molecular complexity index is 1260. The number of rotatable bonds is 5. The molecule has 1 fully saturated rings. The number of hydrogen-bond acceptors (Lipinski definition) is 5. The fourth-order valence-corrected chi connectivity index (χ4v) is 4.38. The van der Waals surface area contributed by atoms with E-state index in [1.807, 2.05) is 26.0 Å². The van der Waals surface area contributed by atoms with Crippen LogP contribution in [0.2, 0.25) is 0 Å². The SMILES string of the molecule is CC1(C)OC[C@H](COc2ccc3c(c2)CCc2cc(Nc4ccc(F)cc4F)ccc2C3=O)O1. The van der Waals surface area contributed by atoms with Gasteiger partial charge in [-0.1, -0.05) is 0 Å². The highest BCUT2D eigenvalue weighted by atomic mass is 19.1. The molecule has 0 spiro atoms. The Kier molecular flexibility index (Phi) is 5.83. The van der Waals surface area contributed by atoms with Gasteiger partial charge in [0.25, 0.3) is 0 Å². The molecule has 0 amide bonds. The maximum atomic E-state index is 14.0. The monoisotopic (exact) mass is 465 g/mol. The van der Waals surface area contributed by atoms with Crippen molar-refractivity contribution in [1.82, 2.24) is 0 Å². The van der Waals surface area contributed by atoms with Crippen molar-refractivity contribution in [1.29, 1.82) is 0 Å². The van der Waals surface area contributed by atoms with Gasteiger partial charge in [-0.15, -0.1) is 0 Å². The third-order valence-electron chi connectivity index (χ3n) is 6.05. The molecular formula is C27H25F2NO4. The Morgan fingerprint density at radius 2 is 1.74 bits per heavy atom. The summed E-state index contributed by atoms with van der Waals surface area (Å²) in [7, 11) is 0. The second-order valence-corrected chi connectivity index (χ2v) is 9.03. The van der Waals surface area contributed by atoms with E-state index in [2.05, 4.69) is 5.32 Å². The van der Waals surface area contributed by atoms with Crippen LogP contribution in [0.25, 0.3) is 0 Å². The molecule has 0 saturated carbocycles. The molecule has 5 nitrogen and oxygen atoms in total. The van der Waals surface area contributed by atoms with Gasteiger partial charge in [-0.25, -0.2) is 8.78 Å². The molecule has 1 heterocycles. The number of hydrogen-bond donors (Lipinski definition) is 1. The first kappa shape index (κ1) is 22.5. The number of carbonyl (C=O) groups is 1. The number of nitrogens with one attached hydrogen (secondary N) is 1. The molecule has 3 aromatic rings. The molecule has 0 radical (unpaired) electrons. The summed E-state index contributed by atoms with van der Waals surface area (Å²) in [5, 5.41) is 2.97. The molecule has 5 rings (SSSR count). The van der Waals surface area contributed by atoms with Gasteiger partial charge >= 0.3 is 0 Å². The summed E-state index contributed by atoms with van der Waals surface area (Å²) in [6.07, 6.45) is 1.17. The number of aryl methyl sites for hydroxylation is 2. The zero-order valence-corrected chi connectivity index (χ0v) is 19.0. The van der Waals surface area contributed by atoms with Crippen molar-refractivity contribution in [3.05, 3.63) is 88.5 Å². The molecule has 1 atom stereocenters. The lowest BCUT2D eigenvalue weighted by atomic mass is 9.98. The van der Waals surface area contributed by atoms with Gasteiger partial charge in [-0.3, -0.25) is 4.79 Å². The second kappa shape index (κ2) is 8.81. The van der Waals surface area contributed by atoms with E-state index in [-0.39, 0.29) is 17.6 Å². The Morgan fingerprint density at radius 3 is 2.44 bits per heavy atom. The smallest absolute Gasteiger partial charge is 0.193 e. The van der Waals surface area contributed by atoms with Crippen LogP contribution >= 0.6 is 0 Å². The zero-order valence-electron chi connectivity index (χ0n) is 19.0. The molecule has 3 aromatic carbocycles. The normalized spacial score (nSPS) is 18.7. The van der Waals surface area contributed by atoms with Gasteiger partial charge in [0.2, 0.25) is 0 Å². The quantitative estimate of drug-likeness (QED) is 0.534. The number of halogens is 2. The minimum atomic E-state index is -0.677. The van der Waals surface area contributed by atoms with Crippen LogP contribution in [-0.2, 0) is 22.3 Å². The van der Waals surface area contributed by atoms with Gasteiger partial charge in [-0.05, 0) is 86.3 Å². The summed E-state index contributed by atoms with van der Waals surface area (Å²) in [6, 6.07) is 14.2. The number of anilines is 2. The molecule has 0 aromatic heterocycles. The Labute approximate surface area is 196 Å². The minimum absolute atomic E-state index is 0.0529. The third-order valence-corrected chi connectivity index (χ3v) is 6.05. The van der Waals surface area contributed by atoms with E-state index in [0.29, 0.717) is 48.6 Å². The summed E-state index contributed by atoms with van der Waals surface area (Å²) < 4.78 is 44.5. The molecule has 0 unspecified atom stereocenters. The van der Waals surface area contributed by atoms with Gasteiger partial charge < -0.3 is 19.5 Å². The van der Waals surface area contributed by atoms with Crippen molar-refractivity contribution in [2.24, 2.45) is 0 Å². The number of ether oxygens (including phenoxy) is 3. The number of fused-ring (bicyclic) bond motifs is 2. The molecule has 1 aliphatic heterocycles. The van der Waals surface area contributed by atoms with Crippen LogP contribution in [0.4, 0.5) is 20.2 Å². The first-order valence-corrected chi connectivity index (χ1v) is 11.2. The predicted octanol–water partition coefficient (Wildman–Crippen LogP) is 5.57. The highest BCUT2D eigenvalue weighted by Crippen LogP contribution is 2.31. The van der Waals surface area contributed by atoms with Crippen molar-refractivity contribution in [3.63, 3.8) is 0 Å². The molecule has 0 bridgehead atoms. The van der Waals surface area contributed by atoms with E-state index in [1.165, 1.54) is 12.1 Å². The topological polar surface area (TPSA) is 56.8 Å². The average Bonchev–Trinajstić information content (AvgIpc) is 3.09. The van der Waals surface area contributed by atoms with Crippen molar-refractivity contribution >= 4 is 17.2 Å². The molecule has 1 aliphatic carbocycles. The van der Waals surface area contributed by atoms with Gasteiger partial charge in [0.05, 0.1) is 12.3 Å². The standard InChI is InChI=1S/C27H25F2NO4/c1-27(2)33-15-21(34-27)14-32-20-7-9-23-17(12-20)4-3-16-11-19(6-8-22(16)26(23)31)30-25-10-5-18(28)13-24(25)29/h5-13,21,30H,3-4,14-15H2,1-2H3/t21-/m0/s1. The van der Waals surface area contributed by atoms with Crippen LogP contribution < -0.4 is 10.1 Å². The summed E-state index contributed by atoms with van der Waals surface area (Å²) >= 11 is 0. The van der Waals surface area contributed by atoms with Crippen molar-refractivity contribution in [2.75, 3.05) is 18.5 Å². The molecule has 1 saturated heterocycles. The van der Waals surface area contributed by atoms with Gasteiger partial charge in [0.15, 0.2) is 11.6 Å². The van der Waals surface area contributed by atoms with Crippen LogP contribution in [0, 0.1) is 11.6 Å². The summed E-state index contributed by atoms with van der Waals surface area (Å²) in [4.78, 5) is 13.2. The molecule has 1 N–H and O–H groups in total. The van der Waals surface area contributed by atoms with Crippen LogP contribution in [0.5, 0.6) is 5.75 Å². The van der Waals surface area contributed by atoms with E-state index >= 15 is 0 Å². The van der Waals surface area contributed by atoms with Crippen molar-refractivity contribution in [3.8, 4) is 5.75 Å². The van der Waals surface area contributed by atoms with E-state index in [4.69, 9.17) is 14.2 Å². The lowest BCUT2D eigenvalue weighted by Gasteiger charge is -2.17. The third kappa shape index (κ3) is 4.67. The van der Waals surface area contributed by atoms with Crippen LogP contribution in [0.15, 0.2) is 54.6 Å². The van der Waals surface area contributed by atoms with E-state index in [9.17, 15) is 13.6 Å². The molecule has 7 heteroatoms. The molecule has 2 aliphatic rings. The number of benzene rings is 3. The fraction of sp³-hybridized carbons (Fsp3) is 0.296. The Balaban J connectivity index is 1.32. The fourth-order valence-electron chi connectivity index (χ4n) is 4.38. The zero-order chi connectivity index (χ0) is 23.9. The van der Waals surface area contributed by atoms with Crippen LogP contribution in [0.3, 0.4) is 0 Å². The number of ketones is 1. The first-order valence-electron chi connectivity index (χ1n) is 11.2. The molecule has 176 valence electrons. The van der Waals surface area contributed by atoms with Crippen molar-refractivity contribution < 1.29 is 27.8 Å². The van der Waals surface area contributed by atoms with E-state index in [1.54, 1.807) is 24.3 Å². The van der Waals surface area contributed by atoms with Crippen molar-refractivity contribution in [2.45, 2.75) is 38.6 Å².